The van der Waals surface area contributed by atoms with Crippen molar-refractivity contribution >= 4 is 34.2 Å². The second-order valence-corrected chi connectivity index (χ2v) is 5.74. The van der Waals surface area contributed by atoms with E-state index in [2.05, 4.69) is 21.8 Å². The number of anilines is 2. The minimum atomic E-state index is 0.503. The largest absolute Gasteiger partial charge is 0.399 e. The fourth-order valence-electron chi connectivity index (χ4n) is 2.33. The molecule has 1 unspecified atom stereocenters. The van der Waals surface area contributed by atoms with Crippen LogP contribution in [-0.4, -0.2) is 34.1 Å². The fourth-order valence-corrected chi connectivity index (χ4v) is 3.34. The molecule has 2 N–H and O–H groups in total. The van der Waals surface area contributed by atoms with Crippen LogP contribution in [0.2, 0.25) is 0 Å². The van der Waals surface area contributed by atoms with E-state index < -0.39 is 0 Å². The molecule has 94 valence electrons. The lowest BCUT2D eigenvalue weighted by molar-refractivity contribution is 0.692. The molecule has 0 radical (unpaired) electrons. The molecule has 0 saturated carbocycles. The molecule has 0 aliphatic carbocycles. The van der Waals surface area contributed by atoms with Crippen molar-refractivity contribution in [2.75, 3.05) is 28.7 Å². The van der Waals surface area contributed by atoms with Crippen molar-refractivity contribution in [3.05, 3.63) is 24.5 Å². The molecule has 1 fully saturated rings. The molecule has 1 aromatic carbocycles. The summed E-state index contributed by atoms with van der Waals surface area (Å²) in [5.41, 5.74) is 7.60. The number of hydrogen-bond acceptors (Lipinski definition) is 5. The minimum absolute atomic E-state index is 0.503. The Morgan fingerprint density at radius 2 is 2.28 bits per heavy atom. The summed E-state index contributed by atoms with van der Waals surface area (Å²) in [5.74, 6) is 3.31. The summed E-state index contributed by atoms with van der Waals surface area (Å²) in [4.78, 5) is 11.1. The molecule has 1 saturated heterocycles. The van der Waals surface area contributed by atoms with Crippen LogP contribution < -0.4 is 10.6 Å². The van der Waals surface area contributed by atoms with Crippen molar-refractivity contribution in [1.82, 2.24) is 9.97 Å². The number of benzene rings is 1. The average molecular weight is 260 g/mol. The molecule has 1 aliphatic heterocycles. The number of rotatable bonds is 1. The highest BCUT2D eigenvalue weighted by molar-refractivity contribution is 7.99. The van der Waals surface area contributed by atoms with Crippen LogP contribution in [0, 0.1) is 0 Å². The van der Waals surface area contributed by atoms with Gasteiger partial charge in [0, 0.05) is 35.2 Å². The first-order valence-corrected chi connectivity index (χ1v) is 7.26. The van der Waals surface area contributed by atoms with E-state index in [4.69, 9.17) is 5.73 Å². The van der Waals surface area contributed by atoms with Gasteiger partial charge in [-0.2, -0.15) is 11.8 Å². The van der Waals surface area contributed by atoms with E-state index in [0.29, 0.717) is 6.04 Å². The summed E-state index contributed by atoms with van der Waals surface area (Å²) in [6.45, 7) is 3.28. The van der Waals surface area contributed by atoms with Crippen LogP contribution in [0.3, 0.4) is 0 Å². The maximum Gasteiger partial charge on any atom is 0.140 e. The van der Waals surface area contributed by atoms with Gasteiger partial charge in [0.15, 0.2) is 0 Å². The highest BCUT2D eigenvalue weighted by atomic mass is 32.2. The second-order valence-electron chi connectivity index (χ2n) is 4.59. The molecule has 18 heavy (non-hydrogen) atoms. The third-order valence-corrected chi connectivity index (χ3v) is 4.47. The Morgan fingerprint density at radius 3 is 3.11 bits per heavy atom. The maximum absolute atomic E-state index is 5.88. The van der Waals surface area contributed by atoms with Crippen LogP contribution in [0.1, 0.15) is 6.92 Å². The Bertz CT molecular complexity index is 572. The third kappa shape index (κ3) is 1.99. The average Bonchev–Trinajstić information content (AvgIpc) is 2.39. The second kappa shape index (κ2) is 4.65. The van der Waals surface area contributed by atoms with Gasteiger partial charge in [-0.1, -0.05) is 0 Å². The van der Waals surface area contributed by atoms with E-state index in [1.54, 1.807) is 6.33 Å². The Balaban J connectivity index is 2.12. The van der Waals surface area contributed by atoms with Crippen molar-refractivity contribution in [3.8, 4) is 0 Å². The zero-order valence-corrected chi connectivity index (χ0v) is 11.2. The molecule has 2 heterocycles. The number of nitrogens with two attached hydrogens (primary N) is 1. The lowest BCUT2D eigenvalue weighted by Gasteiger charge is -2.34. The summed E-state index contributed by atoms with van der Waals surface area (Å²) in [7, 11) is 0. The van der Waals surface area contributed by atoms with Gasteiger partial charge in [0.2, 0.25) is 0 Å². The summed E-state index contributed by atoms with van der Waals surface area (Å²) >= 11 is 2.00. The number of hydrogen-bond donors (Lipinski definition) is 1. The van der Waals surface area contributed by atoms with Gasteiger partial charge in [-0.15, -0.1) is 0 Å². The standard InChI is InChI=1S/C13H16N4S/c1-9-7-18-5-4-17(9)13-11-6-10(14)2-3-12(11)15-8-16-13/h2-3,6,8-9H,4-5,7,14H2,1H3. The maximum atomic E-state index is 5.88. The molecular weight excluding hydrogens is 244 g/mol. The van der Waals surface area contributed by atoms with Gasteiger partial charge in [-0.25, -0.2) is 9.97 Å². The van der Waals surface area contributed by atoms with Crippen LogP contribution in [0.5, 0.6) is 0 Å². The van der Waals surface area contributed by atoms with Gasteiger partial charge in [0.05, 0.1) is 5.52 Å². The van der Waals surface area contributed by atoms with Crippen LogP contribution in [0.4, 0.5) is 11.5 Å². The van der Waals surface area contributed by atoms with E-state index in [1.165, 1.54) is 0 Å². The zero-order valence-electron chi connectivity index (χ0n) is 10.3. The van der Waals surface area contributed by atoms with Crippen LogP contribution in [-0.2, 0) is 0 Å². The quantitative estimate of drug-likeness (QED) is 0.796. The fraction of sp³-hybridized carbons (Fsp3) is 0.385. The summed E-state index contributed by atoms with van der Waals surface area (Å²) in [6.07, 6.45) is 1.64. The third-order valence-electron chi connectivity index (χ3n) is 3.28. The van der Waals surface area contributed by atoms with Gasteiger partial charge in [-0.3, -0.25) is 0 Å². The highest BCUT2D eigenvalue weighted by Crippen LogP contribution is 2.29. The molecule has 4 nitrogen and oxygen atoms in total. The van der Waals surface area contributed by atoms with E-state index in [0.717, 1.165) is 40.5 Å². The zero-order chi connectivity index (χ0) is 12.5. The molecule has 1 aromatic heterocycles. The first-order valence-electron chi connectivity index (χ1n) is 6.10. The normalized spacial score (nSPS) is 20.3. The molecular formula is C13H16N4S. The lowest BCUT2D eigenvalue weighted by atomic mass is 10.2. The Morgan fingerprint density at radius 1 is 1.39 bits per heavy atom. The monoisotopic (exact) mass is 260 g/mol. The molecule has 0 bridgehead atoms. The first kappa shape index (κ1) is 11.6. The van der Waals surface area contributed by atoms with Crippen molar-refractivity contribution < 1.29 is 0 Å². The Labute approximate surface area is 111 Å². The predicted molar refractivity (Wildman–Crippen MR) is 78.1 cm³/mol. The van der Waals surface area contributed by atoms with Crippen LogP contribution >= 0.6 is 11.8 Å². The SMILES string of the molecule is CC1CSCCN1c1ncnc2ccc(N)cc12. The van der Waals surface area contributed by atoms with Crippen molar-refractivity contribution in [1.29, 1.82) is 0 Å². The lowest BCUT2D eigenvalue weighted by Crippen LogP contribution is -2.41. The molecule has 2 aromatic rings. The van der Waals surface area contributed by atoms with Crippen LogP contribution in [0.15, 0.2) is 24.5 Å². The Kier molecular flexibility index (Phi) is 2.99. The molecule has 0 amide bonds. The van der Waals surface area contributed by atoms with Gasteiger partial charge in [-0.05, 0) is 25.1 Å². The molecule has 1 atom stereocenters. The highest BCUT2D eigenvalue weighted by Gasteiger charge is 2.21. The van der Waals surface area contributed by atoms with E-state index in [9.17, 15) is 0 Å². The van der Waals surface area contributed by atoms with Gasteiger partial charge in [0.25, 0.3) is 0 Å². The number of thioether (sulfide) groups is 1. The Hall–Kier alpha value is -1.49. The summed E-state index contributed by atoms with van der Waals surface area (Å²) < 4.78 is 0. The summed E-state index contributed by atoms with van der Waals surface area (Å²) in [6, 6.07) is 6.32. The number of nitrogen functional groups attached to an aromatic ring is 1. The van der Waals surface area contributed by atoms with Gasteiger partial charge in [0.1, 0.15) is 12.1 Å². The van der Waals surface area contributed by atoms with Crippen LogP contribution in [0.25, 0.3) is 10.9 Å². The van der Waals surface area contributed by atoms with Gasteiger partial charge >= 0.3 is 0 Å². The molecule has 5 heteroatoms. The number of fused-ring (bicyclic) bond motifs is 1. The van der Waals surface area contributed by atoms with Crippen molar-refractivity contribution in [3.63, 3.8) is 0 Å². The molecule has 3 rings (SSSR count). The predicted octanol–water partition coefficient (Wildman–Crippen LogP) is 2.15. The van der Waals surface area contributed by atoms with E-state index >= 15 is 0 Å². The smallest absolute Gasteiger partial charge is 0.140 e. The topological polar surface area (TPSA) is 55.0 Å². The van der Waals surface area contributed by atoms with Crippen molar-refractivity contribution in [2.45, 2.75) is 13.0 Å². The van der Waals surface area contributed by atoms with Crippen molar-refractivity contribution in [2.24, 2.45) is 0 Å². The van der Waals surface area contributed by atoms with E-state index in [-0.39, 0.29) is 0 Å². The number of aromatic nitrogens is 2. The molecule has 1 aliphatic rings. The number of nitrogens with zero attached hydrogens (tertiary/aromatic N) is 3. The summed E-state index contributed by atoms with van der Waals surface area (Å²) in [5, 5.41) is 1.05. The molecule has 0 spiro atoms. The first-order chi connectivity index (χ1) is 8.75. The van der Waals surface area contributed by atoms with E-state index in [1.807, 2.05) is 30.0 Å². The van der Waals surface area contributed by atoms with Gasteiger partial charge < -0.3 is 10.6 Å². The minimum Gasteiger partial charge on any atom is -0.399 e.